The third-order valence-corrected chi connectivity index (χ3v) is 9.90. The Morgan fingerprint density at radius 1 is 0.705 bits per heavy atom. The summed E-state index contributed by atoms with van der Waals surface area (Å²) in [5.41, 5.74) is 10.0. The lowest BCUT2D eigenvalue weighted by atomic mass is 9.98. The minimum absolute atomic E-state index is 0.0333. The van der Waals surface area contributed by atoms with Crippen molar-refractivity contribution in [1.82, 2.24) is 16.0 Å². The Kier molecular flexibility index (Phi) is 15.6. The summed E-state index contributed by atoms with van der Waals surface area (Å²) in [6.07, 6.45) is -1.77. The molecule has 5 rings (SSSR count). The van der Waals surface area contributed by atoms with Crippen molar-refractivity contribution >= 4 is 41.7 Å². The van der Waals surface area contributed by atoms with Crippen molar-refractivity contribution in [2.75, 3.05) is 13.2 Å². The van der Waals surface area contributed by atoms with E-state index in [1.807, 2.05) is 68.4 Å². The third-order valence-electron chi connectivity index (χ3n) is 9.90. The van der Waals surface area contributed by atoms with Crippen molar-refractivity contribution < 1.29 is 58.0 Å². The molecule has 0 bridgehead atoms. The molecule has 0 spiro atoms. The van der Waals surface area contributed by atoms with Crippen LogP contribution in [0.2, 0.25) is 0 Å². The molecule has 0 saturated carbocycles. The van der Waals surface area contributed by atoms with E-state index < -0.39 is 72.0 Å². The van der Waals surface area contributed by atoms with Gasteiger partial charge in [0.1, 0.15) is 42.7 Å². The molecule has 7 N–H and O–H groups in total. The Hall–Kier alpha value is -7.23. The van der Waals surface area contributed by atoms with E-state index in [9.17, 15) is 38.7 Å². The zero-order valence-electron chi connectivity index (χ0n) is 33.6. The maximum absolute atomic E-state index is 14.2. The molecule has 0 radical (unpaired) electrons. The Morgan fingerprint density at radius 3 is 1.92 bits per heavy atom. The van der Waals surface area contributed by atoms with Gasteiger partial charge in [-0.25, -0.2) is 14.4 Å². The smallest absolute Gasteiger partial charge is 0.407 e. The normalized spacial score (nSPS) is 13.1. The predicted molar refractivity (Wildman–Crippen MR) is 220 cm³/mol. The van der Waals surface area contributed by atoms with Crippen molar-refractivity contribution in [3.8, 4) is 16.9 Å². The number of hydrogen-bond acceptors (Lipinski definition) is 10. The van der Waals surface area contributed by atoms with Crippen molar-refractivity contribution in [1.29, 1.82) is 0 Å². The minimum Gasteiger partial charge on any atom is -0.481 e. The highest BCUT2D eigenvalue weighted by Gasteiger charge is 2.33. The van der Waals surface area contributed by atoms with Gasteiger partial charge in [0.25, 0.3) is 0 Å². The first-order valence-electron chi connectivity index (χ1n) is 19.6. The molecule has 1 aliphatic rings. The second kappa shape index (κ2) is 21.2. The molecule has 16 nitrogen and oxygen atoms in total. The molecule has 320 valence electrons. The fourth-order valence-electron chi connectivity index (χ4n) is 6.97. The number of nitrogens with two attached hydrogens (primary N) is 1. The first kappa shape index (κ1) is 44.9. The van der Waals surface area contributed by atoms with Crippen LogP contribution in [0.3, 0.4) is 0 Å². The number of fused-ring (bicyclic) bond motifs is 3. The van der Waals surface area contributed by atoms with Crippen molar-refractivity contribution in [2.45, 2.75) is 70.2 Å². The molecule has 4 aromatic carbocycles. The van der Waals surface area contributed by atoms with E-state index in [0.29, 0.717) is 0 Å². The van der Waals surface area contributed by atoms with Crippen LogP contribution in [-0.2, 0) is 46.5 Å². The van der Waals surface area contributed by atoms with Crippen LogP contribution < -0.4 is 26.4 Å². The quantitative estimate of drug-likeness (QED) is 0.0643. The number of amides is 4. The fourth-order valence-corrected chi connectivity index (χ4v) is 6.97. The fraction of sp³-hybridized carbons (Fsp3) is 0.311. The van der Waals surface area contributed by atoms with Crippen molar-refractivity contribution in [3.05, 3.63) is 125 Å². The number of primary amides is 1. The highest BCUT2D eigenvalue weighted by Crippen LogP contribution is 2.44. The maximum Gasteiger partial charge on any atom is 0.407 e. The van der Waals surface area contributed by atoms with Gasteiger partial charge in [-0.15, -0.1) is 0 Å². The molecule has 0 heterocycles. The van der Waals surface area contributed by atoms with Crippen molar-refractivity contribution in [3.63, 3.8) is 0 Å². The molecule has 0 aromatic heterocycles. The summed E-state index contributed by atoms with van der Waals surface area (Å²) < 4.78 is 16.2. The van der Waals surface area contributed by atoms with E-state index >= 15 is 0 Å². The summed E-state index contributed by atoms with van der Waals surface area (Å²) in [5.74, 6) is -6.69. The Labute approximate surface area is 351 Å². The summed E-state index contributed by atoms with van der Waals surface area (Å²) in [7, 11) is 0. The average molecular weight is 837 g/mol. The van der Waals surface area contributed by atoms with Gasteiger partial charge in [-0.1, -0.05) is 98.8 Å². The molecule has 0 fully saturated rings. The average Bonchev–Trinajstić information content (AvgIpc) is 3.55. The van der Waals surface area contributed by atoms with Gasteiger partial charge in [0, 0.05) is 18.8 Å². The number of ether oxygens (including phenoxy) is 3. The highest BCUT2D eigenvalue weighted by atomic mass is 16.5. The van der Waals surface area contributed by atoms with E-state index in [0.717, 1.165) is 33.9 Å². The lowest BCUT2D eigenvalue weighted by molar-refractivity contribution is -0.145. The van der Waals surface area contributed by atoms with Crippen LogP contribution in [0.1, 0.15) is 71.6 Å². The van der Waals surface area contributed by atoms with Crippen LogP contribution in [0.25, 0.3) is 11.1 Å². The molecular weight excluding hydrogens is 789 g/mol. The maximum atomic E-state index is 14.2. The summed E-state index contributed by atoms with van der Waals surface area (Å²) in [6.45, 7) is 2.69. The SMILES string of the molecule is CC(C)C[C@H](NC(=O)[C@H](Cc1ccc(OCC(=O)O)c(C(=O)O)c1)NC(=O)C(CCC(=O)OCc1ccccc1)NC(=O)OCC1c2ccccc2-c2ccccc21)C(N)=O. The lowest BCUT2D eigenvalue weighted by Crippen LogP contribution is -2.57. The second-order valence-electron chi connectivity index (χ2n) is 14.9. The van der Waals surface area contributed by atoms with Crippen LogP contribution in [-0.4, -0.2) is 83.3 Å². The Morgan fingerprint density at radius 2 is 1.31 bits per heavy atom. The van der Waals surface area contributed by atoms with E-state index in [1.165, 1.54) is 12.1 Å². The molecule has 4 aromatic rings. The van der Waals surface area contributed by atoms with E-state index in [2.05, 4.69) is 16.0 Å². The van der Waals surface area contributed by atoms with E-state index in [1.54, 1.807) is 24.3 Å². The van der Waals surface area contributed by atoms with Gasteiger partial charge in [0.15, 0.2) is 6.61 Å². The number of carbonyl (C=O) groups is 7. The molecule has 1 unspecified atom stereocenters. The number of aromatic carboxylic acids is 1. The van der Waals surface area contributed by atoms with Crippen LogP contribution in [0.4, 0.5) is 4.79 Å². The summed E-state index contributed by atoms with van der Waals surface area (Å²) in [6, 6.07) is 24.1. The van der Waals surface area contributed by atoms with Gasteiger partial charge >= 0.3 is 24.0 Å². The first-order chi connectivity index (χ1) is 29.2. The van der Waals surface area contributed by atoms with Gasteiger partial charge < -0.3 is 46.1 Å². The summed E-state index contributed by atoms with van der Waals surface area (Å²) in [5, 5.41) is 26.6. The minimum atomic E-state index is -1.49. The van der Waals surface area contributed by atoms with Crippen LogP contribution in [0, 0.1) is 5.92 Å². The summed E-state index contributed by atoms with van der Waals surface area (Å²) >= 11 is 0. The molecule has 4 amide bonds. The molecule has 16 heteroatoms. The summed E-state index contributed by atoms with van der Waals surface area (Å²) in [4.78, 5) is 90.0. The molecule has 61 heavy (non-hydrogen) atoms. The number of carboxylic acids is 2. The number of hydrogen-bond donors (Lipinski definition) is 6. The van der Waals surface area contributed by atoms with Crippen LogP contribution in [0.15, 0.2) is 97.1 Å². The second-order valence-corrected chi connectivity index (χ2v) is 14.9. The van der Waals surface area contributed by atoms with Gasteiger partial charge in [-0.3, -0.25) is 19.2 Å². The van der Waals surface area contributed by atoms with Gasteiger partial charge in [0.2, 0.25) is 17.7 Å². The number of rotatable bonds is 21. The number of esters is 1. The number of nitrogens with one attached hydrogen (secondary N) is 3. The van der Waals surface area contributed by atoms with Gasteiger partial charge in [-0.2, -0.15) is 0 Å². The number of aliphatic carboxylic acids is 1. The predicted octanol–water partition coefficient (Wildman–Crippen LogP) is 4.32. The van der Waals surface area contributed by atoms with Gasteiger partial charge in [0.05, 0.1) is 0 Å². The molecule has 0 saturated heterocycles. The largest absolute Gasteiger partial charge is 0.481 e. The van der Waals surface area contributed by atoms with E-state index in [-0.39, 0.29) is 62.0 Å². The van der Waals surface area contributed by atoms with Crippen LogP contribution in [0.5, 0.6) is 5.75 Å². The Balaban J connectivity index is 1.38. The lowest BCUT2D eigenvalue weighted by Gasteiger charge is -2.25. The highest BCUT2D eigenvalue weighted by molar-refractivity contribution is 5.94. The standard InChI is InChI=1S/C45H48N4O12/c1-26(2)20-36(41(46)53)47-43(55)37(22-28-16-18-38(59-25-39(50)51)33(21-28)44(56)57)48-42(54)35(17-19-40(52)60-23-27-10-4-3-5-11-27)49-45(58)61-24-34-31-14-8-6-12-29(31)30-13-7-9-15-32(30)34/h3-16,18,21,26,34-37H,17,19-20,22-25H2,1-2H3,(H2,46,53)(H,47,55)(H,48,54)(H,49,58)(H,50,51)(H,56,57)/t35?,36-,37-/m0/s1. The van der Waals surface area contributed by atoms with Crippen LogP contribution >= 0.6 is 0 Å². The number of carboxylic acid groups (broad SMARTS) is 2. The monoisotopic (exact) mass is 836 g/mol. The number of alkyl carbamates (subject to hydrolysis) is 1. The van der Waals surface area contributed by atoms with Gasteiger partial charge in [-0.05, 0) is 64.3 Å². The first-order valence-corrected chi connectivity index (χ1v) is 19.6. The molecular formula is C45H48N4O12. The number of carbonyl (C=O) groups excluding carboxylic acids is 5. The molecule has 1 aliphatic carbocycles. The molecule has 3 atom stereocenters. The third kappa shape index (κ3) is 12.6. The van der Waals surface area contributed by atoms with Crippen molar-refractivity contribution in [2.24, 2.45) is 11.7 Å². The number of benzene rings is 4. The van der Waals surface area contributed by atoms with E-state index in [4.69, 9.17) is 25.1 Å². The zero-order chi connectivity index (χ0) is 44.1. The molecule has 0 aliphatic heterocycles. The topological polar surface area (TPSA) is 250 Å². The Bertz CT molecular complexity index is 2200. The zero-order valence-corrected chi connectivity index (χ0v) is 33.6.